The van der Waals surface area contributed by atoms with Gasteiger partial charge in [-0.25, -0.2) is 18.2 Å². The van der Waals surface area contributed by atoms with Gasteiger partial charge < -0.3 is 19.1 Å². The third kappa shape index (κ3) is 4.76. The van der Waals surface area contributed by atoms with Gasteiger partial charge in [-0.05, 0) is 19.9 Å². The average Bonchev–Trinajstić information content (AvgIpc) is 2.84. The molecule has 192 valence electrons. The van der Waals surface area contributed by atoms with Crippen LogP contribution in [-0.4, -0.2) is 53.1 Å². The zero-order valence-electron chi connectivity index (χ0n) is 21.0. The number of ether oxygens (including phenoxy) is 1. The minimum absolute atomic E-state index is 0.0430. The van der Waals surface area contributed by atoms with Crippen LogP contribution in [0.2, 0.25) is 0 Å². The number of anilines is 1. The molecule has 0 bridgehead atoms. The van der Waals surface area contributed by atoms with Crippen molar-refractivity contribution in [2.45, 2.75) is 39.3 Å². The molecule has 0 aliphatic carbocycles. The van der Waals surface area contributed by atoms with Gasteiger partial charge in [-0.1, -0.05) is 18.2 Å². The van der Waals surface area contributed by atoms with Crippen molar-refractivity contribution < 1.29 is 22.7 Å². The van der Waals surface area contributed by atoms with Gasteiger partial charge in [0.25, 0.3) is 6.43 Å². The zero-order chi connectivity index (χ0) is 26.1. The lowest BCUT2D eigenvalue weighted by Gasteiger charge is -2.41. The Bertz CT molecular complexity index is 1360. The van der Waals surface area contributed by atoms with E-state index in [9.17, 15) is 18.0 Å². The number of carbonyl (C=O) groups is 1. The average molecular weight is 502 g/mol. The molecular weight excluding hydrogens is 471 g/mol. The summed E-state index contributed by atoms with van der Waals surface area (Å²) in [5.74, 6) is -0.238. The lowest BCUT2D eigenvalue weighted by atomic mass is 10.0. The van der Waals surface area contributed by atoms with E-state index in [1.807, 2.05) is 35.6 Å². The fourth-order valence-electron chi connectivity index (χ4n) is 4.71. The van der Waals surface area contributed by atoms with Gasteiger partial charge in [-0.2, -0.15) is 0 Å². The molecule has 1 saturated heterocycles. The Morgan fingerprint density at radius 2 is 1.94 bits per heavy atom. The molecule has 1 aliphatic rings. The second-order valence-corrected chi connectivity index (χ2v) is 9.08. The van der Waals surface area contributed by atoms with Gasteiger partial charge in [0.05, 0.1) is 36.2 Å². The van der Waals surface area contributed by atoms with Crippen molar-refractivity contribution in [3.05, 3.63) is 59.1 Å². The molecule has 0 unspecified atom stereocenters. The highest BCUT2D eigenvalue weighted by molar-refractivity contribution is 5.86. The first kappa shape index (κ1) is 25.5. The molecule has 7 nitrogen and oxygen atoms in total. The van der Waals surface area contributed by atoms with Gasteiger partial charge >= 0.3 is 0 Å². The molecule has 10 heteroatoms. The Kier molecular flexibility index (Phi) is 7.23. The molecule has 0 radical (unpaired) electrons. The molecule has 3 aromatic rings. The van der Waals surface area contributed by atoms with Crippen LogP contribution in [0, 0.1) is 5.82 Å². The summed E-state index contributed by atoms with van der Waals surface area (Å²) in [7, 11) is 3.45. The van der Waals surface area contributed by atoms with E-state index in [1.54, 1.807) is 27.3 Å². The number of methoxy groups -OCH3 is 1. The number of fused-ring (bicyclic) bond motifs is 1. The van der Waals surface area contributed by atoms with E-state index in [1.165, 1.54) is 12.1 Å². The van der Waals surface area contributed by atoms with Crippen molar-refractivity contribution in [1.82, 2.24) is 14.5 Å². The topological polar surface area (TPSA) is 63.0 Å². The molecule has 0 N–H and O–H groups in total. The van der Waals surface area contributed by atoms with Crippen LogP contribution in [0.3, 0.4) is 0 Å². The number of hydrogen-bond acceptors (Lipinski definition) is 5. The van der Waals surface area contributed by atoms with Crippen molar-refractivity contribution in [3.63, 3.8) is 0 Å². The lowest BCUT2D eigenvalue weighted by Crippen LogP contribution is -2.53. The van der Waals surface area contributed by atoms with E-state index in [4.69, 9.17) is 4.74 Å². The maximum atomic E-state index is 14.8. The largest absolute Gasteiger partial charge is 0.495 e. The van der Waals surface area contributed by atoms with Crippen molar-refractivity contribution in [1.29, 1.82) is 0 Å². The minimum atomic E-state index is -2.91. The van der Waals surface area contributed by atoms with Crippen LogP contribution in [0.5, 0.6) is 5.75 Å². The minimum Gasteiger partial charge on any atom is -0.495 e. The number of nitrogens with zero attached hydrogens (tertiary/aromatic N) is 5. The Morgan fingerprint density at radius 1 is 1.22 bits per heavy atom. The molecule has 1 amide bonds. The molecule has 36 heavy (non-hydrogen) atoms. The van der Waals surface area contributed by atoms with Crippen molar-refractivity contribution in [2.75, 3.05) is 31.6 Å². The highest BCUT2D eigenvalue weighted by atomic mass is 19.3. The lowest BCUT2D eigenvalue weighted by molar-refractivity contribution is -0.129. The van der Waals surface area contributed by atoms with E-state index < -0.39 is 23.8 Å². The summed E-state index contributed by atoms with van der Waals surface area (Å²) in [6.07, 6.45) is -1.31. The van der Waals surface area contributed by atoms with Crippen LogP contribution in [-0.2, 0) is 11.8 Å². The third-order valence-electron chi connectivity index (χ3n) is 6.71. The Hall–Kier alpha value is -3.56. The fraction of sp³-hybridized carbons (Fsp3) is 0.423. The summed E-state index contributed by atoms with van der Waals surface area (Å²) < 4.78 is 48.8. The quantitative estimate of drug-likeness (QED) is 0.521. The van der Waals surface area contributed by atoms with Crippen LogP contribution in [0.1, 0.15) is 44.4 Å². The highest BCUT2D eigenvalue weighted by Gasteiger charge is 2.28. The van der Waals surface area contributed by atoms with E-state index in [-0.39, 0.29) is 17.5 Å². The van der Waals surface area contributed by atoms with Crippen LogP contribution in [0.4, 0.5) is 18.9 Å². The highest BCUT2D eigenvalue weighted by Crippen LogP contribution is 2.34. The maximum Gasteiger partial charge on any atom is 0.266 e. The smallest absolute Gasteiger partial charge is 0.266 e. The van der Waals surface area contributed by atoms with E-state index in [0.717, 1.165) is 17.3 Å². The SMILES string of the molecule is COc1cc2c(cc1N1CCN(C(C)=O)C[C@@H]1C)c(=N[C@H](C)c1cccc(C(F)F)c1F)ncn2C. The number of aryl methyl sites for hydroxylation is 1. The van der Waals surface area contributed by atoms with Crippen LogP contribution >= 0.6 is 0 Å². The number of rotatable bonds is 5. The van der Waals surface area contributed by atoms with Gasteiger partial charge in [0.1, 0.15) is 11.6 Å². The van der Waals surface area contributed by atoms with Crippen molar-refractivity contribution >= 4 is 22.5 Å². The van der Waals surface area contributed by atoms with Gasteiger partial charge in [0, 0.05) is 56.7 Å². The Morgan fingerprint density at radius 3 is 2.58 bits per heavy atom. The molecule has 2 atom stereocenters. The summed E-state index contributed by atoms with van der Waals surface area (Å²) in [5, 5.41) is 0.717. The second kappa shape index (κ2) is 10.2. The molecule has 4 rings (SSSR count). The first-order valence-electron chi connectivity index (χ1n) is 11.8. The molecule has 0 spiro atoms. The zero-order valence-corrected chi connectivity index (χ0v) is 21.0. The first-order valence-corrected chi connectivity index (χ1v) is 11.8. The molecule has 2 heterocycles. The predicted molar refractivity (Wildman–Crippen MR) is 132 cm³/mol. The van der Waals surface area contributed by atoms with Gasteiger partial charge in [0.15, 0.2) is 5.49 Å². The van der Waals surface area contributed by atoms with Crippen LogP contribution in [0.15, 0.2) is 41.7 Å². The Labute approximate surface area is 207 Å². The monoisotopic (exact) mass is 501 g/mol. The van der Waals surface area contributed by atoms with Gasteiger partial charge in [0.2, 0.25) is 5.91 Å². The number of piperazine rings is 1. The number of carbonyl (C=O) groups excluding carboxylic acids is 1. The van der Waals surface area contributed by atoms with Gasteiger partial charge in [-0.15, -0.1) is 0 Å². The predicted octanol–water partition coefficient (Wildman–Crippen LogP) is 4.38. The van der Waals surface area contributed by atoms with Crippen LogP contribution in [0.25, 0.3) is 10.9 Å². The summed E-state index contributed by atoms with van der Waals surface area (Å²) in [6, 6.07) is 7.11. The number of halogens is 3. The fourth-order valence-corrected chi connectivity index (χ4v) is 4.71. The maximum absolute atomic E-state index is 14.8. The molecule has 1 aliphatic heterocycles. The van der Waals surface area contributed by atoms with E-state index in [2.05, 4.69) is 14.9 Å². The standard InChI is InChI=1S/C26H30F3N5O2/c1-15-13-33(17(3)35)9-10-34(15)22-11-20-21(12-23(22)36-5)32(4)14-30-26(20)31-16(2)18-7-6-8-19(24(18)27)25(28)29/h6-8,11-12,14-16,25H,9-10,13H2,1-5H3/t15-,16+/m0/s1. The summed E-state index contributed by atoms with van der Waals surface area (Å²) in [6.45, 7) is 7.08. The third-order valence-corrected chi connectivity index (χ3v) is 6.71. The number of benzene rings is 2. The normalized spacial score (nSPS) is 17.7. The Balaban J connectivity index is 1.83. The summed E-state index contributed by atoms with van der Waals surface area (Å²) in [5.41, 5.74) is 1.45. The van der Waals surface area contributed by atoms with E-state index in [0.29, 0.717) is 36.3 Å². The molecular formula is C26H30F3N5O2. The van der Waals surface area contributed by atoms with Gasteiger partial charge in [-0.3, -0.25) is 9.79 Å². The first-order chi connectivity index (χ1) is 17.1. The van der Waals surface area contributed by atoms with Crippen LogP contribution < -0.4 is 15.1 Å². The molecule has 1 fully saturated rings. The number of amides is 1. The number of hydrogen-bond donors (Lipinski definition) is 0. The number of aromatic nitrogens is 2. The number of alkyl halides is 2. The molecule has 1 aromatic heterocycles. The van der Waals surface area contributed by atoms with E-state index >= 15 is 0 Å². The van der Waals surface area contributed by atoms with Crippen molar-refractivity contribution in [3.8, 4) is 5.75 Å². The molecule has 2 aromatic carbocycles. The summed E-state index contributed by atoms with van der Waals surface area (Å²) in [4.78, 5) is 25.0. The van der Waals surface area contributed by atoms with Crippen molar-refractivity contribution in [2.24, 2.45) is 12.0 Å². The second-order valence-electron chi connectivity index (χ2n) is 9.08. The molecule has 0 saturated carbocycles. The summed E-state index contributed by atoms with van der Waals surface area (Å²) >= 11 is 0.